The van der Waals surface area contributed by atoms with Gasteiger partial charge in [-0.25, -0.2) is 0 Å². The summed E-state index contributed by atoms with van der Waals surface area (Å²) in [5, 5.41) is 1.99. The summed E-state index contributed by atoms with van der Waals surface area (Å²) in [6, 6.07) is 10.6. The van der Waals surface area contributed by atoms with Crippen molar-refractivity contribution in [1.29, 1.82) is 0 Å². The monoisotopic (exact) mass is 275 g/mol. The number of unbranched alkanes of at least 4 members (excludes halogenated alkanes) is 1. The highest BCUT2D eigenvalue weighted by Gasteiger charge is 2.11. The van der Waals surface area contributed by atoms with Crippen molar-refractivity contribution in [3.05, 3.63) is 51.7 Å². The van der Waals surface area contributed by atoms with E-state index in [1.807, 2.05) is 11.4 Å². The predicted molar refractivity (Wildman–Crippen MR) is 82.0 cm³/mol. The highest BCUT2D eigenvalue weighted by atomic mass is 32.1. The maximum absolute atomic E-state index is 6.29. The normalized spacial score (nSPS) is 12.4. The molecule has 2 rings (SSSR count). The highest BCUT2D eigenvalue weighted by molar-refractivity contribution is 7.10. The zero-order chi connectivity index (χ0) is 13.7. The molecule has 19 heavy (non-hydrogen) atoms. The van der Waals surface area contributed by atoms with Crippen molar-refractivity contribution in [2.24, 2.45) is 5.73 Å². The number of methoxy groups -OCH3 is 1. The van der Waals surface area contributed by atoms with Gasteiger partial charge in [-0.2, -0.15) is 0 Å². The molecular formula is C16H21NOS. The van der Waals surface area contributed by atoms with E-state index in [2.05, 4.69) is 31.2 Å². The van der Waals surface area contributed by atoms with Gasteiger partial charge in [-0.3, -0.25) is 0 Å². The van der Waals surface area contributed by atoms with Crippen LogP contribution in [0.2, 0.25) is 0 Å². The number of hydrogen-bond acceptors (Lipinski definition) is 3. The number of thiophene rings is 1. The third-order valence-corrected chi connectivity index (χ3v) is 4.29. The fraction of sp³-hybridized carbons (Fsp3) is 0.375. The molecular weight excluding hydrogens is 254 g/mol. The molecule has 0 saturated carbocycles. The first-order chi connectivity index (χ1) is 9.24. The maximum atomic E-state index is 6.29. The van der Waals surface area contributed by atoms with Crippen LogP contribution in [0, 0.1) is 0 Å². The molecule has 0 amide bonds. The number of rotatable bonds is 6. The van der Waals surface area contributed by atoms with Crippen molar-refractivity contribution in [2.75, 3.05) is 7.11 Å². The Kier molecular flexibility index (Phi) is 5.00. The summed E-state index contributed by atoms with van der Waals surface area (Å²) in [6.07, 6.45) is 3.63. The van der Waals surface area contributed by atoms with Gasteiger partial charge in [0.1, 0.15) is 5.75 Å². The lowest BCUT2D eigenvalue weighted by atomic mass is 10.0. The Morgan fingerprint density at radius 3 is 2.58 bits per heavy atom. The number of nitrogens with two attached hydrogens (primary N) is 1. The molecule has 1 aromatic heterocycles. The first-order valence-corrected chi connectivity index (χ1v) is 7.59. The van der Waals surface area contributed by atoms with E-state index in [1.165, 1.54) is 18.4 Å². The van der Waals surface area contributed by atoms with Crippen molar-refractivity contribution in [2.45, 2.75) is 32.2 Å². The Hall–Kier alpha value is -1.32. The minimum absolute atomic E-state index is 0.0610. The molecule has 0 radical (unpaired) electrons. The van der Waals surface area contributed by atoms with Gasteiger partial charge in [-0.15, -0.1) is 11.3 Å². The molecule has 0 bridgehead atoms. The van der Waals surface area contributed by atoms with Gasteiger partial charge in [-0.1, -0.05) is 37.6 Å². The Labute approximate surface area is 119 Å². The highest BCUT2D eigenvalue weighted by Crippen LogP contribution is 2.29. The fourth-order valence-corrected chi connectivity index (χ4v) is 2.92. The summed E-state index contributed by atoms with van der Waals surface area (Å²) in [5.41, 5.74) is 8.84. The molecule has 0 saturated heterocycles. The summed E-state index contributed by atoms with van der Waals surface area (Å²) in [4.78, 5) is 1.14. The molecule has 0 aliphatic rings. The first kappa shape index (κ1) is 14.1. The third-order valence-electron chi connectivity index (χ3n) is 3.30. The van der Waals surface area contributed by atoms with Gasteiger partial charge < -0.3 is 10.5 Å². The van der Waals surface area contributed by atoms with Crippen molar-refractivity contribution in [1.82, 2.24) is 0 Å². The van der Waals surface area contributed by atoms with Crippen LogP contribution in [0.25, 0.3) is 0 Å². The van der Waals surface area contributed by atoms with E-state index in [-0.39, 0.29) is 6.04 Å². The van der Waals surface area contributed by atoms with Crippen molar-refractivity contribution < 1.29 is 4.74 Å². The van der Waals surface area contributed by atoms with Gasteiger partial charge in [0, 0.05) is 10.3 Å². The molecule has 2 N–H and O–H groups in total. The average molecular weight is 275 g/mol. The van der Waals surface area contributed by atoms with Crippen molar-refractivity contribution in [3.63, 3.8) is 0 Å². The van der Waals surface area contributed by atoms with Crippen LogP contribution in [0.4, 0.5) is 0 Å². The standard InChI is InChI=1S/C16H21NOS/c1-3-4-5-12-6-8-13(9-7-12)16(17)15-10-14(18-2)11-19-15/h6-11,16H,3-5,17H2,1-2H3. The van der Waals surface area contributed by atoms with Crippen molar-refractivity contribution in [3.8, 4) is 5.75 Å². The molecule has 3 heteroatoms. The zero-order valence-corrected chi connectivity index (χ0v) is 12.4. The number of aryl methyl sites for hydroxylation is 1. The van der Waals surface area contributed by atoms with Crippen LogP contribution < -0.4 is 10.5 Å². The molecule has 1 heterocycles. The summed E-state index contributed by atoms with van der Waals surface area (Å²) in [6.45, 7) is 2.22. The zero-order valence-electron chi connectivity index (χ0n) is 11.6. The summed E-state index contributed by atoms with van der Waals surface area (Å²) < 4.78 is 5.20. The lowest BCUT2D eigenvalue weighted by molar-refractivity contribution is 0.416. The fourth-order valence-electron chi connectivity index (χ4n) is 2.04. The van der Waals surface area contributed by atoms with E-state index >= 15 is 0 Å². The van der Waals surface area contributed by atoms with Crippen LogP contribution >= 0.6 is 11.3 Å². The van der Waals surface area contributed by atoms with Gasteiger partial charge in [0.05, 0.1) is 13.2 Å². The summed E-state index contributed by atoms with van der Waals surface area (Å²) in [7, 11) is 1.68. The molecule has 0 aliphatic heterocycles. The largest absolute Gasteiger partial charge is 0.496 e. The van der Waals surface area contributed by atoms with Crippen LogP contribution in [-0.4, -0.2) is 7.11 Å². The molecule has 0 spiro atoms. The smallest absolute Gasteiger partial charge is 0.129 e. The topological polar surface area (TPSA) is 35.2 Å². The van der Waals surface area contributed by atoms with Crippen LogP contribution in [0.5, 0.6) is 5.75 Å². The Morgan fingerprint density at radius 2 is 2.00 bits per heavy atom. The van der Waals surface area contributed by atoms with Crippen LogP contribution in [-0.2, 0) is 6.42 Å². The second-order valence-corrected chi connectivity index (χ2v) is 5.65. The molecule has 2 aromatic rings. The minimum atomic E-state index is -0.0610. The van der Waals surface area contributed by atoms with Gasteiger partial charge in [0.15, 0.2) is 0 Å². The van der Waals surface area contributed by atoms with E-state index in [0.29, 0.717) is 0 Å². The van der Waals surface area contributed by atoms with E-state index in [9.17, 15) is 0 Å². The van der Waals surface area contributed by atoms with Gasteiger partial charge in [-0.05, 0) is 30.0 Å². The van der Waals surface area contributed by atoms with E-state index in [0.717, 1.165) is 22.6 Å². The van der Waals surface area contributed by atoms with Gasteiger partial charge in [0.25, 0.3) is 0 Å². The third kappa shape index (κ3) is 3.58. The molecule has 102 valence electrons. The Morgan fingerprint density at radius 1 is 1.26 bits per heavy atom. The average Bonchev–Trinajstić information content (AvgIpc) is 2.94. The van der Waals surface area contributed by atoms with Crippen LogP contribution in [0.3, 0.4) is 0 Å². The Balaban J connectivity index is 2.08. The van der Waals surface area contributed by atoms with E-state index in [1.54, 1.807) is 18.4 Å². The van der Waals surface area contributed by atoms with Crippen LogP contribution in [0.15, 0.2) is 35.7 Å². The molecule has 1 unspecified atom stereocenters. The lowest BCUT2D eigenvalue weighted by Crippen LogP contribution is -2.10. The molecule has 1 aromatic carbocycles. The summed E-state index contributed by atoms with van der Waals surface area (Å²) >= 11 is 1.65. The van der Waals surface area contributed by atoms with Gasteiger partial charge in [0.2, 0.25) is 0 Å². The first-order valence-electron chi connectivity index (χ1n) is 6.71. The van der Waals surface area contributed by atoms with Gasteiger partial charge >= 0.3 is 0 Å². The second kappa shape index (κ2) is 6.73. The lowest BCUT2D eigenvalue weighted by Gasteiger charge is -2.10. The Bertz CT molecular complexity index is 504. The molecule has 2 nitrogen and oxygen atoms in total. The minimum Gasteiger partial charge on any atom is -0.496 e. The van der Waals surface area contributed by atoms with E-state index < -0.39 is 0 Å². The second-order valence-electron chi connectivity index (χ2n) is 4.71. The predicted octanol–water partition coefficient (Wildman–Crippen LogP) is 4.15. The maximum Gasteiger partial charge on any atom is 0.129 e. The van der Waals surface area contributed by atoms with E-state index in [4.69, 9.17) is 10.5 Å². The molecule has 1 atom stereocenters. The molecule has 0 aliphatic carbocycles. The quantitative estimate of drug-likeness (QED) is 0.859. The van der Waals surface area contributed by atoms with Crippen LogP contribution in [0.1, 0.15) is 41.8 Å². The summed E-state index contributed by atoms with van der Waals surface area (Å²) in [5.74, 6) is 0.884. The number of hydrogen-bond donors (Lipinski definition) is 1. The molecule has 0 fully saturated rings. The van der Waals surface area contributed by atoms with Crippen molar-refractivity contribution >= 4 is 11.3 Å². The number of ether oxygens (including phenoxy) is 1. The number of benzene rings is 1. The SMILES string of the molecule is CCCCc1ccc(C(N)c2cc(OC)cs2)cc1.